The Hall–Kier alpha value is -1.23. The van der Waals surface area contributed by atoms with Gasteiger partial charge in [0, 0.05) is 18.7 Å². The Morgan fingerprint density at radius 2 is 2.00 bits per heavy atom. The predicted octanol–water partition coefficient (Wildman–Crippen LogP) is 2.15. The highest BCUT2D eigenvalue weighted by Crippen LogP contribution is 2.51. The number of hydrogen-bond donors (Lipinski definition) is 2. The van der Waals surface area contributed by atoms with Crippen molar-refractivity contribution in [3.05, 3.63) is 10.4 Å². The second-order valence-corrected chi connectivity index (χ2v) is 5.37. The molecule has 0 aliphatic heterocycles. The topological polar surface area (TPSA) is 72.3 Å². The van der Waals surface area contributed by atoms with E-state index in [1.807, 2.05) is 0 Å². The summed E-state index contributed by atoms with van der Waals surface area (Å²) in [6.07, 6.45) is 2.35. The van der Waals surface area contributed by atoms with Crippen molar-refractivity contribution in [3.8, 4) is 0 Å². The molecule has 1 aromatic heterocycles. The Labute approximate surface area is 106 Å². The van der Waals surface area contributed by atoms with Crippen molar-refractivity contribution < 1.29 is 4.79 Å². The van der Waals surface area contributed by atoms with Gasteiger partial charge in [0.15, 0.2) is 0 Å². The molecule has 1 saturated carbocycles. The largest absolute Gasteiger partial charge is 0.397 e. The van der Waals surface area contributed by atoms with Crippen molar-refractivity contribution >= 4 is 27.9 Å². The highest BCUT2D eigenvalue weighted by Gasteiger charge is 2.33. The van der Waals surface area contributed by atoms with Crippen LogP contribution in [0.3, 0.4) is 0 Å². The van der Waals surface area contributed by atoms with E-state index in [1.165, 1.54) is 24.2 Å². The second kappa shape index (κ2) is 4.56. The lowest BCUT2D eigenvalue weighted by Crippen LogP contribution is -2.21. The van der Waals surface area contributed by atoms with Crippen LogP contribution in [0.5, 0.6) is 0 Å². The van der Waals surface area contributed by atoms with Gasteiger partial charge >= 0.3 is 0 Å². The van der Waals surface area contributed by atoms with E-state index in [0.717, 1.165) is 23.7 Å². The lowest BCUT2D eigenvalue weighted by Gasteiger charge is -2.20. The van der Waals surface area contributed by atoms with Crippen molar-refractivity contribution in [1.82, 2.24) is 0 Å². The van der Waals surface area contributed by atoms with Gasteiger partial charge in [0.25, 0.3) is 5.91 Å². The highest BCUT2D eigenvalue weighted by atomic mass is 32.1. The van der Waals surface area contributed by atoms with Gasteiger partial charge in [-0.05, 0) is 32.6 Å². The van der Waals surface area contributed by atoms with Crippen LogP contribution in [-0.4, -0.2) is 19.0 Å². The minimum atomic E-state index is -0.409. The van der Waals surface area contributed by atoms with Crippen LogP contribution in [0.2, 0.25) is 0 Å². The lowest BCUT2D eigenvalue weighted by atomic mass is 10.1. The summed E-state index contributed by atoms with van der Waals surface area (Å²) in [4.78, 5) is 14.1. The van der Waals surface area contributed by atoms with E-state index in [4.69, 9.17) is 11.5 Å². The minimum absolute atomic E-state index is 0.409. The average Bonchev–Trinajstić information content (AvgIpc) is 3.05. The van der Waals surface area contributed by atoms with Gasteiger partial charge in [-0.15, -0.1) is 11.3 Å². The maximum Gasteiger partial charge on any atom is 0.260 e. The van der Waals surface area contributed by atoms with Gasteiger partial charge in [0.05, 0.1) is 10.7 Å². The van der Waals surface area contributed by atoms with E-state index in [-0.39, 0.29) is 0 Å². The molecule has 4 N–H and O–H groups in total. The van der Waals surface area contributed by atoms with Crippen molar-refractivity contribution in [2.45, 2.75) is 32.6 Å². The number of carbonyl (C=O) groups is 1. The zero-order valence-corrected chi connectivity index (χ0v) is 11.1. The van der Waals surface area contributed by atoms with Gasteiger partial charge < -0.3 is 16.4 Å². The molecule has 4 nitrogen and oxygen atoms in total. The number of hydrogen-bond acceptors (Lipinski definition) is 4. The third-order valence-corrected chi connectivity index (χ3v) is 4.52. The molecule has 2 rings (SSSR count). The fraction of sp³-hybridized carbons (Fsp3) is 0.583. The van der Waals surface area contributed by atoms with E-state index in [2.05, 4.69) is 18.7 Å². The quantitative estimate of drug-likeness (QED) is 0.844. The van der Waals surface area contributed by atoms with Crippen molar-refractivity contribution in [1.29, 1.82) is 0 Å². The molecule has 1 aliphatic carbocycles. The molecule has 1 heterocycles. The SMILES string of the molecule is CCN(CC)c1sc(C(N)=O)c(N)c1C1CC1. The zero-order valence-electron chi connectivity index (χ0n) is 10.3. The summed E-state index contributed by atoms with van der Waals surface area (Å²) in [5, 5.41) is 1.14. The highest BCUT2D eigenvalue weighted by molar-refractivity contribution is 7.18. The third kappa shape index (κ3) is 2.11. The minimum Gasteiger partial charge on any atom is -0.397 e. The van der Waals surface area contributed by atoms with Gasteiger partial charge in [-0.25, -0.2) is 0 Å². The van der Waals surface area contributed by atoms with Gasteiger partial charge in [0.2, 0.25) is 0 Å². The first kappa shape index (κ1) is 12.2. The van der Waals surface area contributed by atoms with Crippen molar-refractivity contribution in [2.75, 3.05) is 23.7 Å². The first-order valence-electron chi connectivity index (χ1n) is 6.07. The van der Waals surface area contributed by atoms with Gasteiger partial charge in [0.1, 0.15) is 4.88 Å². The van der Waals surface area contributed by atoms with E-state index < -0.39 is 5.91 Å². The lowest BCUT2D eigenvalue weighted by molar-refractivity contribution is 0.100. The summed E-state index contributed by atoms with van der Waals surface area (Å²) in [6.45, 7) is 6.07. The van der Waals surface area contributed by atoms with Gasteiger partial charge in [-0.3, -0.25) is 4.79 Å². The van der Waals surface area contributed by atoms with Crippen molar-refractivity contribution in [3.63, 3.8) is 0 Å². The van der Waals surface area contributed by atoms with Crippen LogP contribution in [0.25, 0.3) is 0 Å². The molecule has 0 aromatic carbocycles. The van der Waals surface area contributed by atoms with Crippen LogP contribution < -0.4 is 16.4 Å². The summed E-state index contributed by atoms with van der Waals surface area (Å²) in [5.41, 5.74) is 13.2. The predicted molar refractivity (Wildman–Crippen MR) is 72.8 cm³/mol. The van der Waals surface area contributed by atoms with Crippen LogP contribution >= 0.6 is 11.3 Å². The van der Waals surface area contributed by atoms with Gasteiger partial charge in [-0.1, -0.05) is 0 Å². The first-order valence-corrected chi connectivity index (χ1v) is 6.88. The fourth-order valence-corrected chi connectivity index (χ4v) is 3.43. The Kier molecular flexibility index (Phi) is 3.28. The molecule has 0 radical (unpaired) electrons. The molecule has 1 fully saturated rings. The number of nitrogens with zero attached hydrogens (tertiary/aromatic N) is 1. The van der Waals surface area contributed by atoms with E-state index in [0.29, 0.717) is 16.5 Å². The molecule has 0 unspecified atom stereocenters. The molecule has 1 aromatic rings. The van der Waals surface area contributed by atoms with Crippen LogP contribution in [0.1, 0.15) is 47.8 Å². The molecular formula is C12H19N3OS. The molecule has 5 heteroatoms. The fourth-order valence-electron chi connectivity index (χ4n) is 2.14. The molecule has 0 saturated heterocycles. The number of thiophene rings is 1. The number of primary amides is 1. The smallest absolute Gasteiger partial charge is 0.260 e. The average molecular weight is 253 g/mol. The first-order chi connectivity index (χ1) is 8.10. The summed E-state index contributed by atoms with van der Waals surface area (Å²) in [6, 6.07) is 0. The van der Waals surface area contributed by atoms with Gasteiger partial charge in [-0.2, -0.15) is 0 Å². The van der Waals surface area contributed by atoms with Crippen LogP contribution in [0.4, 0.5) is 10.7 Å². The molecule has 0 bridgehead atoms. The van der Waals surface area contributed by atoms with Crippen LogP contribution in [0.15, 0.2) is 0 Å². The number of nitrogen functional groups attached to an aromatic ring is 1. The number of carbonyl (C=O) groups excluding carboxylic acids is 1. The van der Waals surface area contributed by atoms with Crippen LogP contribution in [0, 0.1) is 0 Å². The molecule has 0 atom stereocenters. The monoisotopic (exact) mass is 253 g/mol. The molecular weight excluding hydrogens is 234 g/mol. The summed E-state index contributed by atoms with van der Waals surface area (Å²) in [5.74, 6) is 0.128. The maximum absolute atomic E-state index is 11.4. The molecule has 1 amide bonds. The second-order valence-electron chi connectivity index (χ2n) is 4.37. The molecule has 94 valence electrons. The Bertz CT molecular complexity index is 433. The summed E-state index contributed by atoms with van der Waals surface area (Å²) < 4.78 is 0. The van der Waals surface area contributed by atoms with E-state index in [9.17, 15) is 4.79 Å². The molecule has 17 heavy (non-hydrogen) atoms. The number of anilines is 2. The molecule has 0 spiro atoms. The Morgan fingerprint density at radius 1 is 1.41 bits per heavy atom. The van der Waals surface area contributed by atoms with Crippen LogP contribution in [-0.2, 0) is 0 Å². The van der Waals surface area contributed by atoms with E-state index >= 15 is 0 Å². The zero-order chi connectivity index (χ0) is 12.6. The summed E-state index contributed by atoms with van der Waals surface area (Å²) in [7, 11) is 0. The Morgan fingerprint density at radius 3 is 2.41 bits per heavy atom. The third-order valence-electron chi connectivity index (χ3n) is 3.22. The standard InChI is InChI=1S/C12H19N3OS/c1-3-15(4-2)12-8(7-5-6-7)9(13)10(17-12)11(14)16/h7H,3-6,13H2,1-2H3,(H2,14,16). The normalized spacial score (nSPS) is 14.9. The maximum atomic E-state index is 11.4. The Balaban J connectivity index is 2.49. The number of nitrogens with two attached hydrogens (primary N) is 2. The summed E-state index contributed by atoms with van der Waals surface area (Å²) >= 11 is 1.45. The van der Waals surface area contributed by atoms with Crippen molar-refractivity contribution in [2.24, 2.45) is 5.73 Å². The number of rotatable bonds is 5. The van der Waals surface area contributed by atoms with E-state index in [1.54, 1.807) is 0 Å². The number of amides is 1. The molecule has 1 aliphatic rings.